The van der Waals surface area contributed by atoms with E-state index in [1.807, 2.05) is 12.1 Å². The number of thiazole rings is 1. The molecular formula is C11H15N3S. The molecule has 2 N–H and O–H groups in total. The Morgan fingerprint density at radius 1 is 1.53 bits per heavy atom. The van der Waals surface area contributed by atoms with Gasteiger partial charge in [0.25, 0.3) is 0 Å². The smallest absolute Gasteiger partial charge is 0.143 e. The minimum absolute atomic E-state index is 0.00856. The molecule has 0 aliphatic rings. The second kappa shape index (κ2) is 3.87. The Kier molecular flexibility index (Phi) is 2.71. The fourth-order valence-electron chi connectivity index (χ4n) is 1.41. The molecular weight excluding hydrogens is 206 g/mol. The topological polar surface area (TPSA) is 51.8 Å². The van der Waals surface area contributed by atoms with E-state index in [1.165, 1.54) is 0 Å². The molecule has 0 saturated carbocycles. The third-order valence-corrected chi connectivity index (χ3v) is 4.20. The Morgan fingerprint density at radius 3 is 2.93 bits per heavy atom. The second-order valence-electron chi connectivity index (χ2n) is 3.97. The van der Waals surface area contributed by atoms with Gasteiger partial charge in [-0.3, -0.25) is 0 Å². The SMILES string of the molecule is CCC(C)(CN)c1nc2cccnc2s1. The van der Waals surface area contributed by atoms with Gasteiger partial charge in [0, 0.05) is 18.2 Å². The predicted molar refractivity (Wildman–Crippen MR) is 64.1 cm³/mol. The molecule has 0 aliphatic heterocycles. The monoisotopic (exact) mass is 221 g/mol. The van der Waals surface area contributed by atoms with Crippen molar-refractivity contribution in [3.05, 3.63) is 23.3 Å². The van der Waals surface area contributed by atoms with Gasteiger partial charge in [0.15, 0.2) is 0 Å². The van der Waals surface area contributed by atoms with E-state index in [2.05, 4.69) is 23.8 Å². The van der Waals surface area contributed by atoms with E-state index < -0.39 is 0 Å². The lowest BCUT2D eigenvalue weighted by atomic mass is 9.89. The van der Waals surface area contributed by atoms with Crippen molar-refractivity contribution < 1.29 is 0 Å². The number of aromatic nitrogens is 2. The standard InChI is InChI=1S/C11H15N3S/c1-3-11(2,7-12)10-14-8-5-4-6-13-9(8)15-10/h4-6H,3,7,12H2,1-2H3. The lowest BCUT2D eigenvalue weighted by molar-refractivity contribution is 0.465. The molecule has 3 nitrogen and oxygen atoms in total. The largest absolute Gasteiger partial charge is 0.330 e. The van der Waals surface area contributed by atoms with Crippen LogP contribution in [-0.2, 0) is 5.41 Å². The van der Waals surface area contributed by atoms with Gasteiger partial charge in [-0.2, -0.15) is 0 Å². The van der Waals surface area contributed by atoms with Gasteiger partial charge in [0.2, 0.25) is 0 Å². The maximum atomic E-state index is 5.82. The summed E-state index contributed by atoms with van der Waals surface area (Å²) in [6.45, 7) is 4.93. The first-order valence-electron chi connectivity index (χ1n) is 5.12. The van der Waals surface area contributed by atoms with Crippen LogP contribution in [0.5, 0.6) is 0 Å². The van der Waals surface area contributed by atoms with Crippen molar-refractivity contribution in [2.75, 3.05) is 6.54 Å². The van der Waals surface area contributed by atoms with E-state index in [1.54, 1.807) is 17.5 Å². The van der Waals surface area contributed by atoms with Crippen molar-refractivity contribution in [2.24, 2.45) is 5.73 Å². The van der Waals surface area contributed by atoms with Crippen LogP contribution in [0.1, 0.15) is 25.3 Å². The molecule has 80 valence electrons. The van der Waals surface area contributed by atoms with Crippen LogP contribution in [0.4, 0.5) is 0 Å². The maximum Gasteiger partial charge on any atom is 0.143 e. The molecule has 2 aromatic rings. The van der Waals surface area contributed by atoms with Crippen molar-refractivity contribution in [3.8, 4) is 0 Å². The third-order valence-electron chi connectivity index (χ3n) is 2.91. The van der Waals surface area contributed by atoms with Gasteiger partial charge >= 0.3 is 0 Å². The summed E-state index contributed by atoms with van der Waals surface area (Å²) in [5.41, 5.74) is 6.79. The summed E-state index contributed by atoms with van der Waals surface area (Å²) in [6, 6.07) is 3.91. The van der Waals surface area contributed by atoms with Gasteiger partial charge in [0.05, 0.1) is 0 Å². The molecule has 0 fully saturated rings. The summed E-state index contributed by atoms with van der Waals surface area (Å²) < 4.78 is 0. The zero-order valence-electron chi connectivity index (χ0n) is 9.03. The van der Waals surface area contributed by atoms with Crippen molar-refractivity contribution in [1.29, 1.82) is 0 Å². The Hall–Kier alpha value is -1.00. The van der Waals surface area contributed by atoms with E-state index >= 15 is 0 Å². The Balaban J connectivity index is 2.52. The summed E-state index contributed by atoms with van der Waals surface area (Å²) in [5, 5.41) is 1.10. The molecule has 1 unspecified atom stereocenters. The average Bonchev–Trinajstić information content (AvgIpc) is 2.72. The Morgan fingerprint density at radius 2 is 2.33 bits per heavy atom. The predicted octanol–water partition coefficient (Wildman–Crippen LogP) is 2.32. The molecule has 0 amide bonds. The van der Waals surface area contributed by atoms with Crippen LogP contribution >= 0.6 is 11.3 Å². The molecule has 2 aromatic heterocycles. The van der Waals surface area contributed by atoms with E-state index in [0.29, 0.717) is 6.54 Å². The highest BCUT2D eigenvalue weighted by atomic mass is 32.1. The number of nitrogens with two attached hydrogens (primary N) is 1. The van der Waals surface area contributed by atoms with Crippen molar-refractivity contribution in [2.45, 2.75) is 25.7 Å². The first-order chi connectivity index (χ1) is 7.19. The molecule has 0 saturated heterocycles. The van der Waals surface area contributed by atoms with Gasteiger partial charge in [-0.25, -0.2) is 9.97 Å². The summed E-state index contributed by atoms with van der Waals surface area (Å²) in [5.74, 6) is 0. The highest BCUT2D eigenvalue weighted by molar-refractivity contribution is 7.18. The zero-order valence-corrected chi connectivity index (χ0v) is 9.84. The highest BCUT2D eigenvalue weighted by Crippen LogP contribution is 2.32. The van der Waals surface area contributed by atoms with Gasteiger partial charge in [-0.1, -0.05) is 25.2 Å². The summed E-state index contributed by atoms with van der Waals surface area (Å²) >= 11 is 1.65. The minimum Gasteiger partial charge on any atom is -0.330 e. The van der Waals surface area contributed by atoms with Crippen LogP contribution in [0.25, 0.3) is 10.3 Å². The van der Waals surface area contributed by atoms with Crippen molar-refractivity contribution in [3.63, 3.8) is 0 Å². The van der Waals surface area contributed by atoms with Crippen LogP contribution < -0.4 is 5.73 Å². The summed E-state index contributed by atoms with van der Waals surface area (Å²) in [4.78, 5) is 9.90. The number of nitrogens with zero attached hydrogens (tertiary/aromatic N) is 2. The van der Waals surface area contributed by atoms with E-state index in [4.69, 9.17) is 5.73 Å². The van der Waals surface area contributed by atoms with Crippen LogP contribution in [0.3, 0.4) is 0 Å². The molecule has 4 heteroatoms. The summed E-state index contributed by atoms with van der Waals surface area (Å²) in [6.07, 6.45) is 2.80. The lowest BCUT2D eigenvalue weighted by Crippen LogP contribution is -2.30. The van der Waals surface area contributed by atoms with Crippen LogP contribution in [0.15, 0.2) is 18.3 Å². The number of hydrogen-bond donors (Lipinski definition) is 1. The Bertz CT molecular complexity index is 427. The van der Waals surface area contributed by atoms with Crippen molar-refractivity contribution >= 4 is 21.7 Å². The number of rotatable bonds is 3. The first kappa shape index (κ1) is 10.5. The molecule has 2 heterocycles. The number of hydrogen-bond acceptors (Lipinski definition) is 4. The molecule has 0 spiro atoms. The quantitative estimate of drug-likeness (QED) is 0.865. The molecule has 15 heavy (non-hydrogen) atoms. The van der Waals surface area contributed by atoms with E-state index in [9.17, 15) is 0 Å². The fraction of sp³-hybridized carbons (Fsp3) is 0.455. The highest BCUT2D eigenvalue weighted by Gasteiger charge is 2.26. The Labute approximate surface area is 93.4 Å². The van der Waals surface area contributed by atoms with Gasteiger partial charge in [-0.05, 0) is 18.6 Å². The summed E-state index contributed by atoms with van der Waals surface area (Å²) in [7, 11) is 0. The number of fused-ring (bicyclic) bond motifs is 1. The van der Waals surface area contributed by atoms with Gasteiger partial charge in [-0.15, -0.1) is 0 Å². The third kappa shape index (κ3) is 1.75. The average molecular weight is 221 g/mol. The normalized spacial score (nSPS) is 15.4. The van der Waals surface area contributed by atoms with E-state index in [-0.39, 0.29) is 5.41 Å². The molecule has 2 rings (SSSR count). The number of pyridine rings is 1. The second-order valence-corrected chi connectivity index (χ2v) is 4.94. The zero-order chi connectivity index (χ0) is 10.9. The maximum absolute atomic E-state index is 5.82. The van der Waals surface area contributed by atoms with Crippen LogP contribution in [-0.4, -0.2) is 16.5 Å². The molecule has 1 atom stereocenters. The van der Waals surface area contributed by atoms with Gasteiger partial charge < -0.3 is 5.73 Å². The van der Waals surface area contributed by atoms with Crippen molar-refractivity contribution in [1.82, 2.24) is 9.97 Å². The molecule has 0 radical (unpaired) electrons. The van der Waals surface area contributed by atoms with Crippen LogP contribution in [0.2, 0.25) is 0 Å². The molecule has 0 bridgehead atoms. The first-order valence-corrected chi connectivity index (χ1v) is 5.93. The van der Waals surface area contributed by atoms with Gasteiger partial charge in [0.1, 0.15) is 15.4 Å². The van der Waals surface area contributed by atoms with E-state index in [0.717, 1.165) is 21.8 Å². The fourth-order valence-corrected chi connectivity index (χ4v) is 2.54. The van der Waals surface area contributed by atoms with Crippen LogP contribution in [0, 0.1) is 0 Å². The molecule has 0 aliphatic carbocycles. The minimum atomic E-state index is -0.00856. The lowest BCUT2D eigenvalue weighted by Gasteiger charge is -2.22. The molecule has 0 aromatic carbocycles.